The molecule has 1 saturated heterocycles. The van der Waals surface area contributed by atoms with Gasteiger partial charge in [0, 0.05) is 18.8 Å². The quantitative estimate of drug-likeness (QED) is 0.874. The maximum Gasteiger partial charge on any atom is 0.407 e. The van der Waals surface area contributed by atoms with Crippen LogP contribution in [0.1, 0.15) is 18.4 Å². The Bertz CT molecular complexity index is 533. The van der Waals surface area contributed by atoms with Gasteiger partial charge in [-0.2, -0.15) is 0 Å². The van der Waals surface area contributed by atoms with Crippen molar-refractivity contribution in [3.05, 3.63) is 29.6 Å². The summed E-state index contributed by atoms with van der Waals surface area (Å²) in [5.74, 6) is -0.898. The van der Waals surface area contributed by atoms with Crippen LogP contribution in [0.25, 0.3) is 0 Å². The van der Waals surface area contributed by atoms with Crippen LogP contribution in [0.5, 0.6) is 0 Å². The van der Waals surface area contributed by atoms with Gasteiger partial charge in [0.05, 0.1) is 5.92 Å². The molecule has 5 nitrogen and oxygen atoms in total. The number of amides is 2. The van der Waals surface area contributed by atoms with Gasteiger partial charge in [-0.05, 0) is 43.5 Å². The molecule has 2 N–H and O–H groups in total. The number of carboxylic acid groups (broad SMARTS) is 1. The second-order valence-corrected chi connectivity index (χ2v) is 5.02. The molecule has 1 aromatic rings. The molecule has 2 amide bonds. The Morgan fingerprint density at radius 1 is 1.45 bits per heavy atom. The van der Waals surface area contributed by atoms with Crippen LogP contribution in [0.3, 0.4) is 0 Å². The van der Waals surface area contributed by atoms with Gasteiger partial charge in [-0.15, -0.1) is 0 Å². The smallest absolute Gasteiger partial charge is 0.407 e. The molecule has 0 radical (unpaired) electrons. The normalized spacial score (nSPS) is 18.7. The van der Waals surface area contributed by atoms with Gasteiger partial charge in [-0.1, -0.05) is 0 Å². The number of halogens is 1. The number of carbonyl (C=O) groups is 2. The van der Waals surface area contributed by atoms with Crippen molar-refractivity contribution < 1.29 is 19.1 Å². The lowest BCUT2D eigenvalue weighted by molar-refractivity contribution is -0.121. The minimum atomic E-state index is -1.000. The van der Waals surface area contributed by atoms with Crippen LogP contribution >= 0.6 is 0 Å². The SMILES string of the molecule is Cc1cc(NC(=O)C2CCCN(C(=O)O)C2)ccc1F. The van der Waals surface area contributed by atoms with Gasteiger partial charge in [0.25, 0.3) is 0 Å². The van der Waals surface area contributed by atoms with Crippen LogP contribution in [-0.2, 0) is 4.79 Å². The number of hydrogen-bond donors (Lipinski definition) is 2. The third-order valence-corrected chi connectivity index (χ3v) is 3.49. The summed E-state index contributed by atoms with van der Waals surface area (Å²) in [6, 6.07) is 4.36. The summed E-state index contributed by atoms with van der Waals surface area (Å²) in [4.78, 5) is 24.3. The summed E-state index contributed by atoms with van der Waals surface area (Å²) in [7, 11) is 0. The third kappa shape index (κ3) is 3.26. The molecule has 20 heavy (non-hydrogen) atoms. The third-order valence-electron chi connectivity index (χ3n) is 3.49. The molecule has 1 heterocycles. The van der Waals surface area contributed by atoms with Gasteiger partial charge < -0.3 is 15.3 Å². The van der Waals surface area contributed by atoms with Gasteiger partial charge in [-0.25, -0.2) is 9.18 Å². The lowest BCUT2D eigenvalue weighted by atomic mass is 9.97. The highest BCUT2D eigenvalue weighted by Gasteiger charge is 2.28. The summed E-state index contributed by atoms with van der Waals surface area (Å²) < 4.78 is 13.1. The van der Waals surface area contributed by atoms with Gasteiger partial charge in [0.2, 0.25) is 5.91 Å². The number of hydrogen-bond acceptors (Lipinski definition) is 2. The monoisotopic (exact) mass is 280 g/mol. The largest absolute Gasteiger partial charge is 0.465 e. The standard InChI is InChI=1S/C14H17FN2O3/c1-9-7-11(4-5-12(9)15)16-13(18)10-3-2-6-17(8-10)14(19)20/h4-5,7,10H,2-3,6,8H2,1H3,(H,16,18)(H,19,20). The molecule has 1 aromatic carbocycles. The van der Waals surface area contributed by atoms with Crippen LogP contribution in [0.15, 0.2) is 18.2 Å². The van der Waals surface area contributed by atoms with Crippen LogP contribution in [0, 0.1) is 18.7 Å². The van der Waals surface area contributed by atoms with E-state index in [0.29, 0.717) is 30.6 Å². The number of likely N-dealkylation sites (tertiary alicyclic amines) is 1. The molecule has 0 bridgehead atoms. The van der Waals surface area contributed by atoms with Crippen molar-refractivity contribution >= 4 is 17.7 Å². The average Bonchev–Trinajstić information content (AvgIpc) is 2.43. The van der Waals surface area contributed by atoms with Crippen molar-refractivity contribution in [2.75, 3.05) is 18.4 Å². The topological polar surface area (TPSA) is 69.6 Å². The van der Waals surface area contributed by atoms with Crippen molar-refractivity contribution in [3.8, 4) is 0 Å². The molecule has 2 rings (SSSR count). The van der Waals surface area contributed by atoms with E-state index in [1.165, 1.54) is 17.0 Å². The van der Waals surface area contributed by atoms with E-state index in [9.17, 15) is 14.0 Å². The van der Waals surface area contributed by atoms with Crippen molar-refractivity contribution in [2.24, 2.45) is 5.92 Å². The number of carbonyl (C=O) groups excluding carboxylic acids is 1. The first-order valence-corrected chi connectivity index (χ1v) is 6.52. The molecule has 1 fully saturated rings. The van der Waals surface area contributed by atoms with Gasteiger partial charge >= 0.3 is 6.09 Å². The summed E-state index contributed by atoms with van der Waals surface area (Å²) in [6.45, 7) is 2.30. The number of piperidine rings is 1. The predicted octanol–water partition coefficient (Wildman–Crippen LogP) is 2.46. The molecule has 1 atom stereocenters. The number of aryl methyl sites for hydroxylation is 1. The lowest BCUT2D eigenvalue weighted by Gasteiger charge is -2.29. The molecule has 0 spiro atoms. The van der Waals surface area contributed by atoms with Crippen LogP contribution in [0.2, 0.25) is 0 Å². The molecule has 1 aliphatic heterocycles. The minimum absolute atomic E-state index is 0.210. The Hall–Kier alpha value is -2.11. The second-order valence-electron chi connectivity index (χ2n) is 5.02. The Morgan fingerprint density at radius 2 is 2.20 bits per heavy atom. The number of benzene rings is 1. The highest BCUT2D eigenvalue weighted by molar-refractivity contribution is 5.93. The first-order valence-electron chi connectivity index (χ1n) is 6.52. The number of anilines is 1. The van der Waals surface area contributed by atoms with E-state index in [0.717, 1.165) is 0 Å². The summed E-state index contributed by atoms with van der Waals surface area (Å²) >= 11 is 0. The van der Waals surface area contributed by atoms with Gasteiger partial charge in [0.1, 0.15) is 5.82 Å². The van der Waals surface area contributed by atoms with Gasteiger partial charge in [0.15, 0.2) is 0 Å². The van der Waals surface area contributed by atoms with Crippen molar-refractivity contribution in [3.63, 3.8) is 0 Å². The molecule has 1 aliphatic rings. The van der Waals surface area contributed by atoms with E-state index in [4.69, 9.17) is 5.11 Å². The second kappa shape index (κ2) is 5.90. The molecule has 0 saturated carbocycles. The average molecular weight is 280 g/mol. The fraction of sp³-hybridized carbons (Fsp3) is 0.429. The highest BCUT2D eigenvalue weighted by atomic mass is 19.1. The Balaban J connectivity index is 2.00. The van der Waals surface area contributed by atoms with E-state index in [1.54, 1.807) is 13.0 Å². The van der Waals surface area contributed by atoms with E-state index < -0.39 is 6.09 Å². The molecule has 108 valence electrons. The van der Waals surface area contributed by atoms with E-state index >= 15 is 0 Å². The molecule has 1 unspecified atom stereocenters. The fourth-order valence-electron chi connectivity index (χ4n) is 2.33. The van der Waals surface area contributed by atoms with Crippen molar-refractivity contribution in [1.82, 2.24) is 4.90 Å². The lowest BCUT2D eigenvalue weighted by Crippen LogP contribution is -2.43. The molecular formula is C14H17FN2O3. The minimum Gasteiger partial charge on any atom is -0.465 e. The Kier molecular flexibility index (Phi) is 4.22. The molecule has 0 aliphatic carbocycles. The highest BCUT2D eigenvalue weighted by Crippen LogP contribution is 2.20. The van der Waals surface area contributed by atoms with Crippen molar-refractivity contribution in [2.45, 2.75) is 19.8 Å². The first kappa shape index (κ1) is 14.3. The summed E-state index contributed by atoms with van der Waals surface area (Å²) in [5, 5.41) is 11.7. The molecule has 6 heteroatoms. The Morgan fingerprint density at radius 3 is 2.85 bits per heavy atom. The molecular weight excluding hydrogens is 263 g/mol. The Labute approximate surface area is 116 Å². The van der Waals surface area contributed by atoms with E-state index in [1.807, 2.05) is 0 Å². The van der Waals surface area contributed by atoms with E-state index in [-0.39, 0.29) is 24.2 Å². The summed E-state index contributed by atoms with van der Waals surface area (Å²) in [5.41, 5.74) is 0.986. The van der Waals surface area contributed by atoms with Crippen LogP contribution < -0.4 is 5.32 Å². The van der Waals surface area contributed by atoms with Crippen molar-refractivity contribution in [1.29, 1.82) is 0 Å². The zero-order valence-corrected chi connectivity index (χ0v) is 11.2. The number of rotatable bonds is 2. The number of nitrogens with zero attached hydrogens (tertiary/aromatic N) is 1. The zero-order valence-electron chi connectivity index (χ0n) is 11.2. The fourth-order valence-corrected chi connectivity index (χ4v) is 2.33. The maximum absolute atomic E-state index is 13.1. The molecule has 0 aromatic heterocycles. The van der Waals surface area contributed by atoms with Crippen LogP contribution in [0.4, 0.5) is 14.9 Å². The van der Waals surface area contributed by atoms with Gasteiger partial charge in [-0.3, -0.25) is 4.79 Å². The first-order chi connectivity index (χ1) is 9.47. The number of nitrogens with one attached hydrogen (secondary N) is 1. The van der Waals surface area contributed by atoms with E-state index in [2.05, 4.69) is 5.32 Å². The summed E-state index contributed by atoms with van der Waals surface area (Å²) in [6.07, 6.45) is 0.336. The van der Waals surface area contributed by atoms with Crippen LogP contribution in [-0.4, -0.2) is 35.1 Å². The predicted molar refractivity (Wildman–Crippen MR) is 72.1 cm³/mol. The zero-order chi connectivity index (χ0) is 14.7. The maximum atomic E-state index is 13.1.